The minimum absolute atomic E-state index is 0.0698. The number of hydrogen-bond donors (Lipinski definition) is 1. The molecule has 2 heterocycles. The molecule has 2 aromatic rings. The molecule has 1 N–H and O–H groups in total. The van der Waals surface area contributed by atoms with Crippen LogP contribution >= 0.6 is 0 Å². The molecule has 0 spiro atoms. The lowest BCUT2D eigenvalue weighted by Crippen LogP contribution is -2.35. The fourth-order valence-corrected chi connectivity index (χ4v) is 3.21. The number of nitrogens with one attached hydrogen (secondary N) is 1. The molecule has 1 aliphatic heterocycles. The zero-order chi connectivity index (χ0) is 17.8. The first-order valence-corrected chi connectivity index (χ1v) is 8.31. The Morgan fingerprint density at radius 3 is 3.08 bits per heavy atom. The van der Waals surface area contributed by atoms with E-state index in [-0.39, 0.29) is 23.3 Å². The van der Waals surface area contributed by atoms with Crippen molar-refractivity contribution >= 4 is 5.91 Å². The Labute approximate surface area is 145 Å². The van der Waals surface area contributed by atoms with Crippen LogP contribution in [0.1, 0.15) is 34.9 Å². The van der Waals surface area contributed by atoms with E-state index in [1.165, 1.54) is 19.2 Å². The summed E-state index contributed by atoms with van der Waals surface area (Å²) in [5.41, 5.74) is 0.921. The predicted octanol–water partition coefficient (Wildman–Crippen LogP) is 2.47. The van der Waals surface area contributed by atoms with Crippen LogP contribution in [-0.2, 0) is 11.8 Å². The molecule has 0 bridgehead atoms. The van der Waals surface area contributed by atoms with Crippen molar-refractivity contribution < 1.29 is 18.7 Å². The summed E-state index contributed by atoms with van der Waals surface area (Å²) in [7, 11) is 3.27. The Kier molecular flexibility index (Phi) is 5.33. The number of halogens is 1. The fraction of sp³-hybridized carbons (Fsp3) is 0.444. The number of methoxy groups -OCH3 is 1. The maximum atomic E-state index is 14.0. The lowest BCUT2D eigenvalue weighted by molar-refractivity contribution is -0.0273. The van der Waals surface area contributed by atoms with Crippen LogP contribution in [0.3, 0.4) is 0 Å². The number of aryl methyl sites for hydroxylation is 1. The van der Waals surface area contributed by atoms with Crippen LogP contribution in [-0.4, -0.2) is 35.9 Å². The van der Waals surface area contributed by atoms with Crippen molar-refractivity contribution in [2.24, 2.45) is 13.0 Å². The molecule has 0 unspecified atom stereocenters. The van der Waals surface area contributed by atoms with Gasteiger partial charge in [-0.3, -0.25) is 9.48 Å². The molecule has 0 saturated carbocycles. The number of hydrogen-bond acceptors (Lipinski definition) is 4. The third-order valence-electron chi connectivity index (χ3n) is 4.45. The van der Waals surface area contributed by atoms with Gasteiger partial charge in [-0.05, 0) is 25.0 Å². The summed E-state index contributed by atoms with van der Waals surface area (Å²) in [6, 6.07) is 4.33. The standard InChI is InChI=1S/C18H22FN3O3/c1-22-11-13(10-21-22)17-12(5-4-8-25-17)9-20-18(23)16-14(19)6-3-7-15(16)24-2/h3,6-7,10-12,17H,4-5,8-9H2,1-2H3,(H,20,23)/t12-,17+/m0/s1. The maximum absolute atomic E-state index is 14.0. The van der Waals surface area contributed by atoms with Gasteiger partial charge in [0.2, 0.25) is 0 Å². The molecule has 1 saturated heterocycles. The zero-order valence-electron chi connectivity index (χ0n) is 14.4. The van der Waals surface area contributed by atoms with Gasteiger partial charge in [-0.1, -0.05) is 6.07 Å². The van der Waals surface area contributed by atoms with Gasteiger partial charge in [0.05, 0.1) is 19.4 Å². The van der Waals surface area contributed by atoms with Crippen LogP contribution in [0.5, 0.6) is 5.75 Å². The van der Waals surface area contributed by atoms with Gasteiger partial charge in [0.15, 0.2) is 0 Å². The largest absolute Gasteiger partial charge is 0.496 e. The first-order valence-electron chi connectivity index (χ1n) is 8.31. The Morgan fingerprint density at radius 1 is 1.52 bits per heavy atom. The summed E-state index contributed by atoms with van der Waals surface area (Å²) in [5, 5.41) is 7.01. The second kappa shape index (κ2) is 7.65. The highest BCUT2D eigenvalue weighted by molar-refractivity contribution is 5.97. The van der Waals surface area contributed by atoms with Crippen LogP contribution in [0, 0.1) is 11.7 Å². The van der Waals surface area contributed by atoms with E-state index < -0.39 is 11.7 Å². The van der Waals surface area contributed by atoms with E-state index in [4.69, 9.17) is 9.47 Å². The van der Waals surface area contributed by atoms with Crippen LogP contribution in [0.2, 0.25) is 0 Å². The summed E-state index contributed by atoms with van der Waals surface area (Å²) in [5.74, 6) is -0.744. The average molecular weight is 347 g/mol. The molecule has 3 rings (SSSR count). The smallest absolute Gasteiger partial charge is 0.258 e. The third-order valence-corrected chi connectivity index (χ3v) is 4.45. The summed E-state index contributed by atoms with van der Waals surface area (Å²) in [6.07, 6.45) is 5.44. The molecule has 1 fully saturated rings. The molecular formula is C18H22FN3O3. The number of ether oxygens (including phenoxy) is 2. The highest BCUT2D eigenvalue weighted by atomic mass is 19.1. The van der Waals surface area contributed by atoms with Crippen LogP contribution in [0.4, 0.5) is 4.39 Å². The van der Waals surface area contributed by atoms with Gasteiger partial charge >= 0.3 is 0 Å². The van der Waals surface area contributed by atoms with E-state index >= 15 is 0 Å². The summed E-state index contributed by atoms with van der Waals surface area (Å²) < 4.78 is 26.7. The molecular weight excluding hydrogens is 325 g/mol. The summed E-state index contributed by atoms with van der Waals surface area (Å²) in [4.78, 5) is 12.4. The van der Waals surface area contributed by atoms with Crippen molar-refractivity contribution in [3.8, 4) is 5.75 Å². The fourth-order valence-electron chi connectivity index (χ4n) is 3.21. The second-order valence-corrected chi connectivity index (χ2v) is 6.17. The first-order chi connectivity index (χ1) is 12.1. The Balaban J connectivity index is 1.70. The zero-order valence-corrected chi connectivity index (χ0v) is 14.4. The first kappa shape index (κ1) is 17.4. The van der Waals surface area contributed by atoms with E-state index in [2.05, 4.69) is 10.4 Å². The second-order valence-electron chi connectivity index (χ2n) is 6.17. The highest BCUT2D eigenvalue weighted by Crippen LogP contribution is 2.33. The van der Waals surface area contributed by atoms with Crippen molar-refractivity contribution in [2.75, 3.05) is 20.3 Å². The Bertz CT molecular complexity index is 747. The highest BCUT2D eigenvalue weighted by Gasteiger charge is 2.29. The van der Waals surface area contributed by atoms with E-state index in [9.17, 15) is 9.18 Å². The normalized spacial score (nSPS) is 20.3. The van der Waals surface area contributed by atoms with Gasteiger partial charge in [0.1, 0.15) is 17.1 Å². The molecule has 134 valence electrons. The number of rotatable bonds is 5. The number of nitrogens with zero attached hydrogens (tertiary/aromatic N) is 2. The maximum Gasteiger partial charge on any atom is 0.258 e. The molecule has 0 aliphatic carbocycles. The van der Waals surface area contributed by atoms with Crippen molar-refractivity contribution in [3.63, 3.8) is 0 Å². The topological polar surface area (TPSA) is 65.4 Å². The molecule has 1 aromatic heterocycles. The van der Waals surface area contributed by atoms with Gasteiger partial charge in [-0.2, -0.15) is 5.10 Å². The monoisotopic (exact) mass is 347 g/mol. The van der Waals surface area contributed by atoms with Gasteiger partial charge in [0.25, 0.3) is 5.91 Å². The summed E-state index contributed by atoms with van der Waals surface area (Å²) in [6.45, 7) is 1.08. The van der Waals surface area contributed by atoms with Crippen molar-refractivity contribution in [1.29, 1.82) is 0 Å². The van der Waals surface area contributed by atoms with Crippen LogP contribution in [0.25, 0.3) is 0 Å². The molecule has 6 nitrogen and oxygen atoms in total. The molecule has 25 heavy (non-hydrogen) atoms. The molecule has 7 heteroatoms. The number of amides is 1. The van der Waals surface area contributed by atoms with Crippen molar-refractivity contribution in [2.45, 2.75) is 18.9 Å². The lowest BCUT2D eigenvalue weighted by atomic mass is 9.90. The SMILES string of the molecule is COc1cccc(F)c1C(=O)NC[C@@H]1CCCO[C@H]1c1cnn(C)c1. The molecule has 2 atom stereocenters. The van der Waals surface area contributed by atoms with Crippen LogP contribution < -0.4 is 10.1 Å². The molecule has 0 radical (unpaired) electrons. The van der Waals surface area contributed by atoms with Gasteiger partial charge < -0.3 is 14.8 Å². The van der Waals surface area contributed by atoms with E-state index in [1.807, 2.05) is 13.2 Å². The van der Waals surface area contributed by atoms with E-state index in [0.29, 0.717) is 13.2 Å². The Morgan fingerprint density at radius 2 is 2.36 bits per heavy atom. The predicted molar refractivity (Wildman–Crippen MR) is 89.9 cm³/mol. The minimum Gasteiger partial charge on any atom is -0.496 e. The quantitative estimate of drug-likeness (QED) is 0.902. The number of carbonyl (C=O) groups is 1. The molecule has 1 amide bonds. The lowest BCUT2D eigenvalue weighted by Gasteiger charge is -2.31. The van der Waals surface area contributed by atoms with E-state index in [1.54, 1.807) is 16.9 Å². The van der Waals surface area contributed by atoms with Gasteiger partial charge in [-0.15, -0.1) is 0 Å². The Hall–Kier alpha value is -2.41. The van der Waals surface area contributed by atoms with Gasteiger partial charge in [-0.25, -0.2) is 4.39 Å². The number of aromatic nitrogens is 2. The third kappa shape index (κ3) is 3.82. The molecule has 1 aromatic carbocycles. The van der Waals surface area contributed by atoms with Crippen LogP contribution in [0.15, 0.2) is 30.6 Å². The molecule has 1 aliphatic rings. The van der Waals surface area contributed by atoms with E-state index in [0.717, 1.165) is 18.4 Å². The number of benzene rings is 1. The average Bonchev–Trinajstić information content (AvgIpc) is 3.06. The van der Waals surface area contributed by atoms with Gasteiger partial charge in [0, 0.05) is 37.9 Å². The van der Waals surface area contributed by atoms with Crippen molar-refractivity contribution in [3.05, 3.63) is 47.5 Å². The minimum atomic E-state index is -0.597. The summed E-state index contributed by atoms with van der Waals surface area (Å²) >= 11 is 0. The number of carbonyl (C=O) groups excluding carboxylic acids is 1. The van der Waals surface area contributed by atoms with Crippen molar-refractivity contribution in [1.82, 2.24) is 15.1 Å².